The molecular weight excluding hydrogens is 620 g/mol. The minimum atomic E-state index is -2.56. The first-order valence-corrected chi connectivity index (χ1v) is 14.9. The van der Waals surface area contributed by atoms with Crippen molar-refractivity contribution in [1.82, 2.24) is 0 Å². The summed E-state index contributed by atoms with van der Waals surface area (Å²) in [6.07, 6.45) is -1.69. The van der Waals surface area contributed by atoms with Crippen LogP contribution in [0.1, 0.15) is 66.0 Å². The molecule has 3 aliphatic carbocycles. The van der Waals surface area contributed by atoms with Crippen LogP contribution in [-0.2, 0) is 16.0 Å². The fourth-order valence-electron chi connectivity index (χ4n) is 8.53. The Labute approximate surface area is 257 Å². The van der Waals surface area contributed by atoms with Crippen LogP contribution < -0.4 is 5.73 Å². The van der Waals surface area contributed by atoms with E-state index in [1.165, 1.54) is 12.3 Å². The monoisotopic (exact) mass is 654 g/mol. The number of phenolic OH excluding ortho intramolecular Hbond substituents is 1. The summed E-state index contributed by atoms with van der Waals surface area (Å²) in [5.41, 5.74) is 2.35. The maximum absolute atomic E-state index is 14.2. The SMILES string of the molecule is CC(C)[C@H]1C(O)[C@@H](C(N)=O)C(=O)[C@]2(O)C(O)[C@H]3C(=O)c4c(O)ccc(C=Nc5cccc(C(=O)Br)c5)c4C[C@]3(C)C[C@]12C. The van der Waals surface area contributed by atoms with Gasteiger partial charge in [-0.1, -0.05) is 39.8 Å². The van der Waals surface area contributed by atoms with Crippen LogP contribution in [0.5, 0.6) is 5.75 Å². The lowest BCUT2D eigenvalue weighted by atomic mass is 9.39. The Kier molecular flexibility index (Phi) is 7.57. The van der Waals surface area contributed by atoms with E-state index < -0.39 is 63.9 Å². The Hall–Kier alpha value is -3.25. The summed E-state index contributed by atoms with van der Waals surface area (Å²) < 4.78 is -0.298. The molecule has 2 aromatic carbocycles. The summed E-state index contributed by atoms with van der Waals surface area (Å²) in [5.74, 6) is -7.42. The second-order valence-corrected chi connectivity index (χ2v) is 13.8. The molecule has 0 aliphatic heterocycles. The third-order valence-corrected chi connectivity index (χ3v) is 10.6. The van der Waals surface area contributed by atoms with E-state index >= 15 is 0 Å². The fourth-order valence-corrected chi connectivity index (χ4v) is 8.78. The van der Waals surface area contributed by atoms with Crippen LogP contribution in [0.4, 0.5) is 5.69 Å². The molecule has 0 aromatic heterocycles. The molecule has 2 saturated carbocycles. The number of Topliss-reactive ketones (excluding diaryl/α,β-unsaturated/α-hetero) is 2. The Morgan fingerprint density at radius 2 is 1.81 bits per heavy atom. The number of rotatable bonds is 5. The van der Waals surface area contributed by atoms with Crippen LogP contribution in [0.3, 0.4) is 0 Å². The van der Waals surface area contributed by atoms with Crippen molar-refractivity contribution < 1.29 is 39.6 Å². The van der Waals surface area contributed by atoms with Crippen LogP contribution in [0, 0.1) is 34.5 Å². The second-order valence-electron chi connectivity index (χ2n) is 13.1. The van der Waals surface area contributed by atoms with Gasteiger partial charge in [-0.2, -0.15) is 0 Å². The van der Waals surface area contributed by atoms with Crippen LogP contribution >= 0.6 is 15.9 Å². The molecule has 11 heteroatoms. The van der Waals surface area contributed by atoms with E-state index in [1.54, 1.807) is 58.0 Å². The smallest absolute Gasteiger partial charge is 0.230 e. The zero-order chi connectivity index (χ0) is 31.8. The minimum Gasteiger partial charge on any atom is -0.507 e. The van der Waals surface area contributed by atoms with Gasteiger partial charge in [0.05, 0.1) is 23.3 Å². The molecule has 0 bridgehead atoms. The Bertz CT molecular complexity index is 1590. The van der Waals surface area contributed by atoms with Gasteiger partial charge in [-0.25, -0.2) is 0 Å². The van der Waals surface area contributed by atoms with Crippen molar-refractivity contribution in [2.75, 3.05) is 0 Å². The number of halogens is 1. The number of carbonyl (C=O) groups excluding carboxylic acids is 4. The lowest BCUT2D eigenvalue weighted by Crippen LogP contribution is -2.79. The first-order chi connectivity index (χ1) is 20.0. The summed E-state index contributed by atoms with van der Waals surface area (Å²) in [5, 5.41) is 46.2. The van der Waals surface area contributed by atoms with Crippen molar-refractivity contribution in [3.63, 3.8) is 0 Å². The maximum Gasteiger partial charge on any atom is 0.230 e. The van der Waals surface area contributed by atoms with Gasteiger partial charge >= 0.3 is 0 Å². The molecule has 0 radical (unpaired) electrons. The van der Waals surface area contributed by atoms with Gasteiger partial charge < -0.3 is 26.2 Å². The number of aliphatic hydroxyl groups is 3. The number of phenols is 1. The van der Waals surface area contributed by atoms with Crippen LogP contribution in [0.25, 0.3) is 0 Å². The highest BCUT2D eigenvalue weighted by atomic mass is 79.9. The highest BCUT2D eigenvalue weighted by Gasteiger charge is 2.75. The molecule has 3 aliphatic rings. The Morgan fingerprint density at radius 3 is 2.42 bits per heavy atom. The zero-order valence-corrected chi connectivity index (χ0v) is 25.8. The second kappa shape index (κ2) is 10.4. The number of aliphatic hydroxyl groups excluding tert-OH is 2. The Balaban J connectivity index is 1.65. The predicted octanol–water partition coefficient (Wildman–Crippen LogP) is 2.86. The number of amides is 1. The molecule has 0 heterocycles. The number of aromatic hydroxyl groups is 1. The van der Waals surface area contributed by atoms with E-state index in [-0.39, 0.29) is 34.8 Å². The van der Waals surface area contributed by atoms with Crippen molar-refractivity contribution in [1.29, 1.82) is 0 Å². The van der Waals surface area contributed by atoms with Crippen LogP contribution in [0.15, 0.2) is 41.4 Å². The molecule has 5 rings (SSSR count). The predicted molar refractivity (Wildman–Crippen MR) is 160 cm³/mol. The summed E-state index contributed by atoms with van der Waals surface area (Å²) in [6, 6.07) is 9.58. The summed E-state index contributed by atoms with van der Waals surface area (Å²) >= 11 is 2.93. The number of primary amides is 1. The number of hydrogen-bond donors (Lipinski definition) is 5. The number of nitrogens with zero attached hydrogens (tertiary/aromatic N) is 1. The van der Waals surface area contributed by atoms with E-state index in [2.05, 4.69) is 20.9 Å². The summed E-state index contributed by atoms with van der Waals surface area (Å²) in [7, 11) is 0. The number of nitrogens with two attached hydrogens (primary N) is 1. The van der Waals surface area contributed by atoms with Crippen molar-refractivity contribution in [3.8, 4) is 5.75 Å². The average Bonchev–Trinajstić information content (AvgIpc) is 2.90. The van der Waals surface area contributed by atoms with Gasteiger partial charge in [0.15, 0.2) is 17.2 Å². The van der Waals surface area contributed by atoms with Gasteiger partial charge in [-0.3, -0.25) is 24.2 Å². The van der Waals surface area contributed by atoms with Crippen molar-refractivity contribution in [3.05, 3.63) is 58.7 Å². The minimum absolute atomic E-state index is 0.0438. The summed E-state index contributed by atoms with van der Waals surface area (Å²) in [6.45, 7) is 6.99. The Morgan fingerprint density at radius 1 is 1.14 bits per heavy atom. The topological polar surface area (TPSA) is 188 Å². The fraction of sp³-hybridized carbons (Fsp3) is 0.469. The number of carbonyl (C=O) groups is 4. The molecule has 6 N–H and O–H groups in total. The van der Waals surface area contributed by atoms with Gasteiger partial charge in [-0.15, -0.1) is 0 Å². The molecule has 228 valence electrons. The number of hydrogen-bond acceptors (Lipinski definition) is 9. The first kappa shape index (κ1) is 31.2. The zero-order valence-electron chi connectivity index (χ0n) is 24.2. The van der Waals surface area contributed by atoms with E-state index in [0.717, 1.165) is 0 Å². The normalized spacial score (nSPS) is 35.4. The summed E-state index contributed by atoms with van der Waals surface area (Å²) in [4.78, 5) is 56.6. The van der Waals surface area contributed by atoms with Crippen molar-refractivity contribution >= 4 is 50.0 Å². The van der Waals surface area contributed by atoms with Crippen molar-refractivity contribution in [2.45, 2.75) is 58.3 Å². The molecule has 1 amide bonds. The molecule has 8 atom stereocenters. The van der Waals surface area contributed by atoms with E-state index in [0.29, 0.717) is 22.4 Å². The number of fused-ring (bicyclic) bond motifs is 3. The van der Waals surface area contributed by atoms with E-state index in [4.69, 9.17) is 5.73 Å². The average molecular weight is 656 g/mol. The van der Waals surface area contributed by atoms with Gasteiger partial charge in [0.1, 0.15) is 17.8 Å². The lowest BCUT2D eigenvalue weighted by molar-refractivity contribution is -0.265. The maximum atomic E-state index is 14.2. The van der Waals surface area contributed by atoms with E-state index in [9.17, 15) is 39.6 Å². The van der Waals surface area contributed by atoms with Crippen LogP contribution in [0.2, 0.25) is 0 Å². The van der Waals surface area contributed by atoms with Gasteiger partial charge in [-0.05, 0) is 81.4 Å². The lowest BCUT2D eigenvalue weighted by Gasteiger charge is -2.66. The first-order valence-electron chi connectivity index (χ1n) is 14.1. The standard InChI is InChI=1S/C32H35BrN2O8/c1-14(2)22-25(38)21(29(34)42)26(39)32(43)27(40)23-24(37)20-18(11-30(23,3)13-31(22,32)4)16(8-9-19(20)36)12-35-17-7-5-6-15(10-17)28(33)41/h5-10,12,14,21-23,25,27,36,38,40,43H,11,13H2,1-4H3,(H2,34,42)/t21-,22+,23-,25?,27?,30-,31-,32+/m1/s1. The van der Waals surface area contributed by atoms with Gasteiger partial charge in [0, 0.05) is 17.2 Å². The third-order valence-electron chi connectivity index (χ3n) is 10.1. The van der Waals surface area contributed by atoms with Gasteiger partial charge in [0.25, 0.3) is 0 Å². The quantitative estimate of drug-likeness (QED) is 0.185. The molecule has 43 heavy (non-hydrogen) atoms. The third kappa shape index (κ3) is 4.43. The van der Waals surface area contributed by atoms with Gasteiger partial charge in [0.2, 0.25) is 10.6 Å². The largest absolute Gasteiger partial charge is 0.507 e. The van der Waals surface area contributed by atoms with Crippen molar-refractivity contribution in [2.24, 2.45) is 45.2 Å². The molecular formula is C32H35BrN2O8. The van der Waals surface area contributed by atoms with E-state index in [1.807, 2.05) is 0 Å². The number of benzene rings is 2. The molecule has 0 spiro atoms. The molecule has 0 saturated heterocycles. The molecule has 2 unspecified atom stereocenters. The number of aliphatic imine (C=N–C) groups is 1. The highest BCUT2D eigenvalue weighted by molar-refractivity contribution is 9.18. The van der Waals surface area contributed by atoms with Crippen LogP contribution in [-0.4, -0.2) is 66.6 Å². The molecule has 10 nitrogen and oxygen atoms in total. The molecule has 2 fully saturated rings. The number of ketones is 2. The molecule has 2 aromatic rings. The highest BCUT2D eigenvalue weighted by Crippen LogP contribution is 2.65.